The first-order valence-corrected chi connectivity index (χ1v) is 10.9. The fourth-order valence-corrected chi connectivity index (χ4v) is 4.34. The van der Waals surface area contributed by atoms with Crippen LogP contribution < -0.4 is 5.56 Å². The van der Waals surface area contributed by atoms with E-state index in [1.165, 1.54) is 11.8 Å². The molecular weight excluding hydrogens is 406 g/mol. The molecule has 0 aliphatic heterocycles. The van der Waals surface area contributed by atoms with Crippen LogP contribution in [0.3, 0.4) is 0 Å². The molecule has 0 radical (unpaired) electrons. The lowest BCUT2D eigenvalue weighted by molar-refractivity contribution is 0.573. The summed E-state index contributed by atoms with van der Waals surface area (Å²) in [6, 6.07) is 25.1. The molecule has 2 heterocycles. The summed E-state index contributed by atoms with van der Waals surface area (Å²) >= 11 is 1.47. The van der Waals surface area contributed by atoms with Crippen molar-refractivity contribution in [3.63, 3.8) is 0 Å². The summed E-state index contributed by atoms with van der Waals surface area (Å²) in [5.41, 5.74) is 4.18. The number of nitrogens with zero attached hydrogens (tertiary/aromatic N) is 3. The zero-order valence-electron chi connectivity index (χ0n) is 16.9. The molecule has 0 bridgehead atoms. The molecule has 5 rings (SSSR count). The van der Waals surface area contributed by atoms with Gasteiger partial charge in [-0.2, -0.15) is 0 Å². The minimum atomic E-state index is -0.0764. The van der Waals surface area contributed by atoms with Crippen molar-refractivity contribution in [2.24, 2.45) is 0 Å². The van der Waals surface area contributed by atoms with Crippen LogP contribution in [0.2, 0.25) is 0 Å². The van der Waals surface area contributed by atoms with Gasteiger partial charge in [0.25, 0.3) is 5.56 Å². The van der Waals surface area contributed by atoms with Crippen LogP contribution in [0.4, 0.5) is 0 Å². The van der Waals surface area contributed by atoms with Crippen LogP contribution in [0.5, 0.6) is 0 Å². The highest BCUT2D eigenvalue weighted by Crippen LogP contribution is 2.27. The zero-order valence-corrected chi connectivity index (χ0v) is 17.7. The SMILES string of the molecule is Cc1ccccc1-n1c(SCc2coc(-c3ccccc3)n2)nc2ccccc2c1=O. The number of fused-ring (bicyclic) bond motifs is 1. The monoisotopic (exact) mass is 425 g/mol. The van der Waals surface area contributed by atoms with Gasteiger partial charge in [-0.3, -0.25) is 9.36 Å². The van der Waals surface area contributed by atoms with Crippen LogP contribution in [0.15, 0.2) is 99.5 Å². The van der Waals surface area contributed by atoms with Gasteiger partial charge in [0, 0.05) is 11.3 Å². The van der Waals surface area contributed by atoms with Gasteiger partial charge in [0.15, 0.2) is 5.16 Å². The molecular formula is C25H19N3O2S. The number of aromatic nitrogens is 3. The number of thioether (sulfide) groups is 1. The Balaban J connectivity index is 1.54. The maximum absolute atomic E-state index is 13.4. The van der Waals surface area contributed by atoms with Crippen molar-refractivity contribution in [3.8, 4) is 17.1 Å². The fraction of sp³-hybridized carbons (Fsp3) is 0.0800. The minimum Gasteiger partial charge on any atom is -0.444 e. The molecule has 0 fully saturated rings. The van der Waals surface area contributed by atoms with E-state index < -0.39 is 0 Å². The summed E-state index contributed by atoms with van der Waals surface area (Å²) in [5, 5.41) is 1.23. The Bertz CT molecular complexity index is 1420. The van der Waals surface area contributed by atoms with Crippen molar-refractivity contribution in [2.45, 2.75) is 17.8 Å². The van der Waals surface area contributed by atoms with Crippen molar-refractivity contribution < 1.29 is 4.42 Å². The average Bonchev–Trinajstić information content (AvgIpc) is 3.28. The third kappa shape index (κ3) is 3.78. The van der Waals surface area contributed by atoms with E-state index in [1.54, 1.807) is 10.8 Å². The van der Waals surface area contributed by atoms with Gasteiger partial charge in [0.05, 0.1) is 22.3 Å². The number of benzene rings is 3. The van der Waals surface area contributed by atoms with Gasteiger partial charge in [-0.05, 0) is 42.8 Å². The number of hydrogen-bond donors (Lipinski definition) is 0. The van der Waals surface area contributed by atoms with E-state index in [1.807, 2.05) is 85.8 Å². The number of oxazole rings is 1. The van der Waals surface area contributed by atoms with Crippen molar-refractivity contribution in [1.82, 2.24) is 14.5 Å². The Morgan fingerprint density at radius 1 is 0.903 bits per heavy atom. The lowest BCUT2D eigenvalue weighted by atomic mass is 10.2. The van der Waals surface area contributed by atoms with Gasteiger partial charge in [-0.1, -0.05) is 60.3 Å². The minimum absolute atomic E-state index is 0.0764. The molecule has 0 unspecified atom stereocenters. The first-order chi connectivity index (χ1) is 15.2. The number of aryl methyl sites for hydroxylation is 1. The van der Waals surface area contributed by atoms with E-state index in [0.29, 0.717) is 27.7 Å². The Labute approximate surface area is 183 Å². The summed E-state index contributed by atoms with van der Waals surface area (Å²) < 4.78 is 7.35. The first-order valence-electron chi connectivity index (χ1n) is 9.91. The number of hydrogen-bond acceptors (Lipinski definition) is 5. The second-order valence-corrected chi connectivity index (χ2v) is 8.08. The maximum Gasteiger partial charge on any atom is 0.266 e. The molecule has 0 saturated carbocycles. The van der Waals surface area contributed by atoms with Crippen molar-refractivity contribution in [3.05, 3.63) is 107 Å². The summed E-state index contributed by atoms with van der Waals surface area (Å²) in [5.74, 6) is 1.12. The van der Waals surface area contributed by atoms with Gasteiger partial charge in [-0.15, -0.1) is 0 Å². The molecule has 0 amide bonds. The highest BCUT2D eigenvalue weighted by Gasteiger charge is 2.16. The van der Waals surface area contributed by atoms with Crippen LogP contribution in [0, 0.1) is 6.92 Å². The molecule has 0 spiro atoms. The van der Waals surface area contributed by atoms with E-state index >= 15 is 0 Å². The topological polar surface area (TPSA) is 60.9 Å². The average molecular weight is 426 g/mol. The molecule has 152 valence electrons. The molecule has 31 heavy (non-hydrogen) atoms. The Morgan fingerprint density at radius 3 is 2.48 bits per heavy atom. The first kappa shape index (κ1) is 19.3. The molecule has 0 aliphatic rings. The Kier molecular flexibility index (Phi) is 5.14. The van der Waals surface area contributed by atoms with Gasteiger partial charge in [0.2, 0.25) is 5.89 Å². The quantitative estimate of drug-likeness (QED) is 0.269. The largest absolute Gasteiger partial charge is 0.444 e. The van der Waals surface area contributed by atoms with Gasteiger partial charge in [-0.25, -0.2) is 9.97 Å². The highest BCUT2D eigenvalue weighted by atomic mass is 32.2. The molecule has 2 aromatic heterocycles. The predicted molar refractivity (Wildman–Crippen MR) is 124 cm³/mol. The van der Waals surface area contributed by atoms with Crippen molar-refractivity contribution in [2.75, 3.05) is 0 Å². The maximum atomic E-state index is 13.4. The lowest BCUT2D eigenvalue weighted by Crippen LogP contribution is -2.22. The molecule has 3 aromatic carbocycles. The number of para-hydroxylation sites is 2. The smallest absolute Gasteiger partial charge is 0.266 e. The molecule has 0 saturated heterocycles. The highest BCUT2D eigenvalue weighted by molar-refractivity contribution is 7.98. The molecule has 0 atom stereocenters. The normalized spacial score (nSPS) is 11.1. The summed E-state index contributed by atoms with van der Waals surface area (Å²) in [7, 11) is 0. The third-order valence-electron chi connectivity index (χ3n) is 5.02. The van der Waals surface area contributed by atoms with E-state index in [2.05, 4.69) is 4.98 Å². The van der Waals surface area contributed by atoms with E-state index in [9.17, 15) is 4.79 Å². The lowest BCUT2D eigenvalue weighted by Gasteiger charge is -2.14. The standard InChI is InChI=1S/C25H19N3O2S/c1-17-9-5-8-14-22(17)28-24(29)20-12-6-7-13-21(20)27-25(28)31-16-19-15-30-23(26-19)18-10-3-2-4-11-18/h2-15H,16H2,1H3. The van der Waals surface area contributed by atoms with E-state index in [0.717, 1.165) is 22.5 Å². The van der Waals surface area contributed by atoms with Crippen molar-refractivity contribution in [1.29, 1.82) is 0 Å². The Morgan fingerprint density at radius 2 is 1.65 bits per heavy atom. The molecule has 0 aliphatic carbocycles. The fourth-order valence-electron chi connectivity index (χ4n) is 3.46. The second-order valence-electron chi connectivity index (χ2n) is 7.14. The molecule has 6 heteroatoms. The van der Waals surface area contributed by atoms with E-state index in [4.69, 9.17) is 9.40 Å². The molecule has 5 aromatic rings. The van der Waals surface area contributed by atoms with Gasteiger partial charge >= 0.3 is 0 Å². The van der Waals surface area contributed by atoms with Crippen LogP contribution in [-0.2, 0) is 5.75 Å². The molecule has 0 N–H and O–H groups in total. The van der Waals surface area contributed by atoms with Crippen molar-refractivity contribution >= 4 is 22.7 Å². The van der Waals surface area contributed by atoms with E-state index in [-0.39, 0.29) is 5.56 Å². The third-order valence-corrected chi connectivity index (χ3v) is 6.00. The molecule has 5 nitrogen and oxygen atoms in total. The van der Waals surface area contributed by atoms with Gasteiger partial charge in [0.1, 0.15) is 6.26 Å². The zero-order chi connectivity index (χ0) is 21.2. The summed E-state index contributed by atoms with van der Waals surface area (Å²) in [6.07, 6.45) is 1.66. The van der Waals surface area contributed by atoms with Crippen LogP contribution in [-0.4, -0.2) is 14.5 Å². The van der Waals surface area contributed by atoms with Crippen LogP contribution >= 0.6 is 11.8 Å². The second kappa shape index (κ2) is 8.24. The number of rotatable bonds is 5. The Hall–Kier alpha value is -3.64. The predicted octanol–water partition coefficient (Wildman–Crippen LogP) is 5.64. The van der Waals surface area contributed by atoms with Gasteiger partial charge < -0.3 is 4.42 Å². The summed E-state index contributed by atoms with van der Waals surface area (Å²) in [6.45, 7) is 2.00. The van der Waals surface area contributed by atoms with Crippen LogP contribution in [0.25, 0.3) is 28.0 Å². The summed E-state index contributed by atoms with van der Waals surface area (Å²) in [4.78, 5) is 22.8. The van der Waals surface area contributed by atoms with Crippen LogP contribution in [0.1, 0.15) is 11.3 Å².